The molecule has 6 aromatic carbocycles. The van der Waals surface area contributed by atoms with Crippen LogP contribution < -0.4 is 4.90 Å². The molecule has 1 heteroatoms. The van der Waals surface area contributed by atoms with Gasteiger partial charge in [0.25, 0.3) is 0 Å². The molecule has 1 aliphatic rings. The second-order valence-corrected chi connectivity index (χ2v) is 11.9. The van der Waals surface area contributed by atoms with Crippen LogP contribution in [0.3, 0.4) is 0 Å². The predicted molar refractivity (Wildman–Crippen MR) is 204 cm³/mol. The summed E-state index contributed by atoms with van der Waals surface area (Å²) in [6.07, 6.45) is 15.5. The minimum Gasteiger partial charge on any atom is -0.311 e. The van der Waals surface area contributed by atoms with E-state index in [1.807, 2.05) is 0 Å². The molecular weight excluding hydrogens is 567 g/mol. The van der Waals surface area contributed by atoms with Gasteiger partial charge in [0.05, 0.1) is 0 Å². The van der Waals surface area contributed by atoms with Crippen molar-refractivity contribution in [2.45, 2.75) is 26.7 Å². The molecule has 1 nitrogen and oxygen atoms in total. The van der Waals surface area contributed by atoms with E-state index in [0.29, 0.717) is 0 Å². The summed E-state index contributed by atoms with van der Waals surface area (Å²) in [4.78, 5) is 2.33. The van der Waals surface area contributed by atoms with E-state index in [9.17, 15) is 0 Å². The van der Waals surface area contributed by atoms with Crippen LogP contribution in [0.5, 0.6) is 0 Å². The summed E-state index contributed by atoms with van der Waals surface area (Å²) in [5.41, 5.74) is 13.7. The van der Waals surface area contributed by atoms with Crippen molar-refractivity contribution in [3.05, 3.63) is 192 Å². The van der Waals surface area contributed by atoms with Crippen molar-refractivity contribution in [3.63, 3.8) is 0 Å². The average molecular weight is 606 g/mol. The first kappa shape index (κ1) is 30.0. The molecule has 0 aromatic heterocycles. The highest BCUT2D eigenvalue weighted by Gasteiger charge is 2.21. The van der Waals surface area contributed by atoms with Crippen molar-refractivity contribution < 1.29 is 0 Å². The Labute approximate surface area is 279 Å². The van der Waals surface area contributed by atoms with E-state index in [2.05, 4.69) is 195 Å². The molecule has 0 heterocycles. The van der Waals surface area contributed by atoms with Crippen LogP contribution in [0.1, 0.15) is 37.0 Å². The summed E-state index contributed by atoms with van der Waals surface area (Å²) in [7, 11) is 0. The van der Waals surface area contributed by atoms with E-state index in [-0.39, 0.29) is 0 Å². The van der Waals surface area contributed by atoms with Gasteiger partial charge in [-0.25, -0.2) is 0 Å². The van der Waals surface area contributed by atoms with Crippen molar-refractivity contribution in [2.24, 2.45) is 0 Å². The van der Waals surface area contributed by atoms with Gasteiger partial charge >= 0.3 is 0 Å². The normalized spacial score (nSPS) is 13.0. The van der Waals surface area contributed by atoms with Gasteiger partial charge in [-0.05, 0) is 105 Å². The number of anilines is 2. The quantitative estimate of drug-likeness (QED) is 0.156. The van der Waals surface area contributed by atoms with Crippen molar-refractivity contribution >= 4 is 33.8 Å². The molecule has 0 unspecified atom stereocenters. The summed E-state index contributed by atoms with van der Waals surface area (Å²) in [6, 6.07) is 50.3. The molecule has 0 saturated heterocycles. The molecule has 47 heavy (non-hydrogen) atoms. The summed E-state index contributed by atoms with van der Waals surface area (Å²) >= 11 is 0. The van der Waals surface area contributed by atoms with E-state index in [1.165, 1.54) is 55.3 Å². The standard InChI is InChI=1S/C46H39N/c1-3-5-21-38(4-2)47(39-22-13-8-14-23-39)40-30-26-34(27-31-40)35-28-32-43-44(33-29-35)46(37-19-11-7-12-20-37)42-25-16-15-24-41(42)45(43)36-17-9-6-10-18-36/h4-32H,3,33H2,1-2H3/b21-5-,38-4+. The van der Waals surface area contributed by atoms with Gasteiger partial charge < -0.3 is 4.90 Å². The van der Waals surface area contributed by atoms with E-state index in [4.69, 9.17) is 0 Å². The Morgan fingerprint density at radius 2 is 1.15 bits per heavy atom. The lowest BCUT2D eigenvalue weighted by molar-refractivity contribution is 1.17. The molecule has 0 aliphatic heterocycles. The molecule has 1 aliphatic carbocycles. The molecule has 0 amide bonds. The Morgan fingerprint density at radius 1 is 0.596 bits per heavy atom. The number of rotatable bonds is 8. The Bertz CT molecular complexity index is 2110. The van der Waals surface area contributed by atoms with Gasteiger partial charge in [0.2, 0.25) is 0 Å². The maximum atomic E-state index is 2.41. The van der Waals surface area contributed by atoms with Gasteiger partial charge in [-0.15, -0.1) is 0 Å². The second-order valence-electron chi connectivity index (χ2n) is 11.9. The minimum atomic E-state index is 0.842. The third-order valence-electron chi connectivity index (χ3n) is 8.99. The van der Waals surface area contributed by atoms with E-state index < -0.39 is 0 Å². The SMILES string of the molecule is C/C=C(\C=C/CC)N(c1ccccc1)c1ccc(C2=CCc3c(c(-c4ccccc4)c4ccccc4c3-c3ccccc3)C=C2)cc1. The van der Waals surface area contributed by atoms with Gasteiger partial charge in [-0.3, -0.25) is 0 Å². The lowest BCUT2D eigenvalue weighted by Gasteiger charge is -2.26. The maximum Gasteiger partial charge on any atom is 0.0461 e. The van der Waals surface area contributed by atoms with E-state index in [0.717, 1.165) is 29.9 Å². The molecule has 228 valence electrons. The fourth-order valence-corrected chi connectivity index (χ4v) is 6.79. The minimum absolute atomic E-state index is 0.842. The third-order valence-corrected chi connectivity index (χ3v) is 8.99. The highest BCUT2D eigenvalue weighted by Crippen LogP contribution is 2.44. The number of allylic oxidation sites excluding steroid dienone is 6. The number of hydrogen-bond donors (Lipinski definition) is 0. The molecule has 7 rings (SSSR count). The van der Waals surface area contributed by atoms with Crippen molar-refractivity contribution in [3.8, 4) is 22.3 Å². The second kappa shape index (κ2) is 13.8. The first-order valence-corrected chi connectivity index (χ1v) is 16.6. The Kier molecular flexibility index (Phi) is 8.79. The highest BCUT2D eigenvalue weighted by atomic mass is 15.1. The molecule has 0 radical (unpaired) electrons. The Hall–Kier alpha value is -5.66. The van der Waals surface area contributed by atoms with Crippen LogP contribution in [-0.4, -0.2) is 0 Å². The topological polar surface area (TPSA) is 3.24 Å². The molecule has 0 saturated carbocycles. The fraction of sp³-hybridized carbons (Fsp3) is 0.0870. The molecule has 0 spiro atoms. The molecule has 0 N–H and O–H groups in total. The Morgan fingerprint density at radius 3 is 1.77 bits per heavy atom. The Balaban J connectivity index is 1.34. The van der Waals surface area contributed by atoms with Crippen LogP contribution >= 0.6 is 0 Å². The summed E-state index contributed by atoms with van der Waals surface area (Å²) < 4.78 is 0. The maximum absolute atomic E-state index is 2.41. The monoisotopic (exact) mass is 605 g/mol. The summed E-state index contributed by atoms with van der Waals surface area (Å²) in [5.74, 6) is 0. The van der Waals surface area contributed by atoms with Crippen molar-refractivity contribution in [1.29, 1.82) is 0 Å². The number of nitrogens with zero attached hydrogens (tertiary/aromatic N) is 1. The van der Waals surface area contributed by atoms with Crippen LogP contribution in [0.15, 0.2) is 176 Å². The highest BCUT2D eigenvalue weighted by molar-refractivity contribution is 6.10. The van der Waals surface area contributed by atoms with Gasteiger partial charge in [0, 0.05) is 17.1 Å². The van der Waals surface area contributed by atoms with Crippen molar-refractivity contribution in [2.75, 3.05) is 4.90 Å². The molecule has 6 aromatic rings. The zero-order chi connectivity index (χ0) is 32.0. The summed E-state index contributed by atoms with van der Waals surface area (Å²) in [5, 5.41) is 2.58. The van der Waals surface area contributed by atoms with E-state index in [1.54, 1.807) is 0 Å². The fourth-order valence-electron chi connectivity index (χ4n) is 6.79. The zero-order valence-electron chi connectivity index (χ0n) is 27.1. The smallest absolute Gasteiger partial charge is 0.0461 e. The number of fused-ring (bicyclic) bond motifs is 2. The first-order valence-electron chi connectivity index (χ1n) is 16.6. The van der Waals surface area contributed by atoms with Gasteiger partial charge in [-0.2, -0.15) is 0 Å². The number of hydrogen-bond acceptors (Lipinski definition) is 1. The van der Waals surface area contributed by atoms with Crippen molar-refractivity contribution in [1.82, 2.24) is 0 Å². The van der Waals surface area contributed by atoms with Gasteiger partial charge in [0.1, 0.15) is 0 Å². The summed E-state index contributed by atoms with van der Waals surface area (Å²) in [6.45, 7) is 4.28. The third kappa shape index (κ3) is 6.01. The first-order chi connectivity index (χ1) is 23.3. The molecule has 0 bridgehead atoms. The molecule has 0 atom stereocenters. The molecule has 0 fully saturated rings. The van der Waals surface area contributed by atoms with Crippen LogP contribution in [0.4, 0.5) is 11.4 Å². The number of para-hydroxylation sites is 1. The van der Waals surface area contributed by atoms with E-state index >= 15 is 0 Å². The average Bonchev–Trinajstić information content (AvgIpc) is 3.36. The largest absolute Gasteiger partial charge is 0.311 e. The lowest BCUT2D eigenvalue weighted by atomic mass is 9.83. The van der Waals surface area contributed by atoms with Gasteiger partial charge in [-0.1, -0.05) is 153 Å². The number of benzene rings is 6. The molecular formula is C46H39N. The zero-order valence-corrected chi connectivity index (χ0v) is 27.1. The van der Waals surface area contributed by atoms with Crippen LogP contribution in [0.25, 0.3) is 44.7 Å². The van der Waals surface area contributed by atoms with Crippen LogP contribution in [0, 0.1) is 0 Å². The lowest BCUT2D eigenvalue weighted by Crippen LogP contribution is -2.15. The van der Waals surface area contributed by atoms with Crippen LogP contribution in [0.2, 0.25) is 0 Å². The van der Waals surface area contributed by atoms with Gasteiger partial charge in [0.15, 0.2) is 0 Å². The predicted octanol–water partition coefficient (Wildman–Crippen LogP) is 12.8. The van der Waals surface area contributed by atoms with Crippen LogP contribution in [-0.2, 0) is 6.42 Å².